The molecule has 2 rings (SSSR count). The molecular weight excluding hydrogens is 271 g/mol. The molecule has 0 heterocycles. The van der Waals surface area contributed by atoms with Crippen LogP contribution in [0.1, 0.15) is 31.8 Å². The lowest BCUT2D eigenvalue weighted by Gasteiger charge is -2.08. The van der Waals surface area contributed by atoms with E-state index in [2.05, 4.69) is 0 Å². The molecule has 0 aliphatic rings. The zero-order valence-electron chi connectivity index (χ0n) is 11.9. The highest BCUT2D eigenvalue weighted by Crippen LogP contribution is 2.18. The average Bonchev–Trinajstić information content (AvgIpc) is 2.48. The fourth-order valence-corrected chi connectivity index (χ4v) is 1.85. The van der Waals surface area contributed by atoms with Crippen LogP contribution in [-0.2, 0) is 0 Å². The van der Waals surface area contributed by atoms with Crippen LogP contribution in [0, 0.1) is 19.7 Å². The van der Waals surface area contributed by atoms with Crippen LogP contribution < -0.4 is 4.74 Å². The summed E-state index contributed by atoms with van der Waals surface area (Å²) < 4.78 is 18.8. The van der Waals surface area contributed by atoms with Gasteiger partial charge in [-0.1, -0.05) is 12.1 Å². The molecule has 3 nitrogen and oxygen atoms in total. The van der Waals surface area contributed by atoms with Crippen molar-refractivity contribution in [2.24, 2.45) is 0 Å². The first kappa shape index (κ1) is 14.9. The van der Waals surface area contributed by atoms with Gasteiger partial charge in [-0.15, -0.1) is 0 Å². The van der Waals surface area contributed by atoms with E-state index < -0.39 is 5.82 Å². The summed E-state index contributed by atoms with van der Waals surface area (Å²) in [7, 11) is 0. The van der Waals surface area contributed by atoms with Crippen molar-refractivity contribution in [2.75, 3.05) is 6.61 Å². The molecule has 0 N–H and O–H groups in total. The smallest absolute Gasteiger partial charge is 0.200 e. The number of carbonyl (C=O) groups is 2. The van der Waals surface area contributed by atoms with E-state index in [1.54, 1.807) is 12.1 Å². The van der Waals surface area contributed by atoms with Gasteiger partial charge in [-0.2, -0.15) is 0 Å². The van der Waals surface area contributed by atoms with Gasteiger partial charge in [0.2, 0.25) is 0 Å². The van der Waals surface area contributed by atoms with Gasteiger partial charge in [-0.25, -0.2) is 4.39 Å². The third kappa shape index (κ3) is 3.54. The zero-order chi connectivity index (χ0) is 15.4. The van der Waals surface area contributed by atoms with Crippen LogP contribution in [0.25, 0.3) is 0 Å². The van der Waals surface area contributed by atoms with Crippen LogP contribution in [0.2, 0.25) is 0 Å². The number of Topliss-reactive ketones (excluding diaryl/α,β-unsaturated/α-hetero) is 1. The molecule has 0 unspecified atom stereocenters. The number of halogens is 1. The number of ether oxygens (including phenoxy) is 1. The maximum absolute atomic E-state index is 13.6. The Morgan fingerprint density at radius 1 is 1.14 bits per heavy atom. The highest BCUT2D eigenvalue weighted by atomic mass is 19.1. The van der Waals surface area contributed by atoms with Gasteiger partial charge in [0.1, 0.15) is 6.29 Å². The first-order valence-electron chi connectivity index (χ1n) is 6.49. The van der Waals surface area contributed by atoms with Crippen LogP contribution >= 0.6 is 0 Å². The Morgan fingerprint density at radius 2 is 1.90 bits per heavy atom. The minimum absolute atomic E-state index is 0.0437. The van der Waals surface area contributed by atoms with E-state index in [-0.39, 0.29) is 23.7 Å². The van der Waals surface area contributed by atoms with E-state index in [9.17, 15) is 14.0 Å². The molecule has 0 aromatic heterocycles. The van der Waals surface area contributed by atoms with E-state index in [0.29, 0.717) is 11.8 Å². The Bertz CT molecular complexity index is 692. The fourth-order valence-electron chi connectivity index (χ4n) is 1.85. The minimum Gasteiger partial charge on any atom is -0.482 e. The quantitative estimate of drug-likeness (QED) is 0.624. The number of hydrogen-bond donors (Lipinski definition) is 0. The zero-order valence-corrected chi connectivity index (χ0v) is 11.9. The maximum atomic E-state index is 13.6. The summed E-state index contributed by atoms with van der Waals surface area (Å²) in [6, 6.07) is 9.22. The molecule has 4 heteroatoms. The summed E-state index contributed by atoms with van der Waals surface area (Å²) in [5.41, 5.74) is 2.87. The Labute approximate surface area is 122 Å². The van der Waals surface area contributed by atoms with Crippen molar-refractivity contribution in [1.29, 1.82) is 0 Å². The van der Waals surface area contributed by atoms with Gasteiger partial charge < -0.3 is 4.74 Å². The van der Waals surface area contributed by atoms with Crippen LogP contribution in [-0.4, -0.2) is 18.7 Å². The van der Waals surface area contributed by atoms with Crippen molar-refractivity contribution < 1.29 is 18.7 Å². The minimum atomic E-state index is -0.660. The lowest BCUT2D eigenvalue weighted by Crippen LogP contribution is -2.12. The molecule has 0 bridgehead atoms. The maximum Gasteiger partial charge on any atom is 0.200 e. The van der Waals surface area contributed by atoms with Crippen LogP contribution in [0.5, 0.6) is 5.75 Å². The Morgan fingerprint density at radius 3 is 2.52 bits per heavy atom. The predicted molar refractivity (Wildman–Crippen MR) is 77.5 cm³/mol. The lowest BCUT2D eigenvalue weighted by molar-refractivity contribution is 0.0918. The third-order valence-corrected chi connectivity index (χ3v) is 3.28. The topological polar surface area (TPSA) is 43.4 Å². The summed E-state index contributed by atoms with van der Waals surface area (Å²) in [5.74, 6) is -0.928. The Kier molecular flexibility index (Phi) is 4.48. The number of carbonyl (C=O) groups excluding carboxylic acids is 2. The Hall–Kier alpha value is -2.49. The monoisotopic (exact) mass is 286 g/mol. The molecule has 0 fully saturated rings. The van der Waals surface area contributed by atoms with Gasteiger partial charge in [0.25, 0.3) is 0 Å². The van der Waals surface area contributed by atoms with Gasteiger partial charge in [0, 0.05) is 11.1 Å². The molecule has 0 saturated heterocycles. The molecule has 0 saturated carbocycles. The van der Waals surface area contributed by atoms with Gasteiger partial charge >= 0.3 is 0 Å². The van der Waals surface area contributed by atoms with Gasteiger partial charge in [0.05, 0.1) is 0 Å². The fraction of sp³-hybridized carbons (Fsp3) is 0.176. The number of benzene rings is 2. The lowest BCUT2D eigenvalue weighted by atomic mass is 10.0. The van der Waals surface area contributed by atoms with Gasteiger partial charge in [-0.3, -0.25) is 9.59 Å². The molecule has 0 atom stereocenters. The van der Waals surface area contributed by atoms with E-state index in [1.165, 1.54) is 12.1 Å². The number of aryl methyl sites for hydroxylation is 2. The van der Waals surface area contributed by atoms with Crippen LogP contribution in [0.15, 0.2) is 36.4 Å². The first-order chi connectivity index (χ1) is 10.0. The molecule has 0 aliphatic heterocycles. The molecule has 2 aromatic rings. The Balaban J connectivity index is 2.07. The van der Waals surface area contributed by atoms with Crippen molar-refractivity contribution in [2.45, 2.75) is 13.8 Å². The number of ketones is 1. The molecule has 0 amide bonds. The highest BCUT2D eigenvalue weighted by molar-refractivity contribution is 5.97. The standard InChI is InChI=1S/C17H15FO3/c1-11-3-5-14(7-12(11)2)16(20)10-21-17-6-4-13(9-19)8-15(17)18/h3-9H,10H2,1-2H3. The molecule has 0 aliphatic carbocycles. The first-order valence-corrected chi connectivity index (χ1v) is 6.49. The summed E-state index contributed by atoms with van der Waals surface area (Å²) in [5, 5.41) is 0. The largest absolute Gasteiger partial charge is 0.482 e. The molecule has 108 valence electrons. The summed E-state index contributed by atoms with van der Waals surface area (Å²) in [6.45, 7) is 3.63. The average molecular weight is 286 g/mol. The highest BCUT2D eigenvalue weighted by Gasteiger charge is 2.10. The number of rotatable bonds is 5. The third-order valence-electron chi connectivity index (χ3n) is 3.28. The van der Waals surface area contributed by atoms with E-state index in [1.807, 2.05) is 19.9 Å². The second kappa shape index (κ2) is 6.31. The van der Waals surface area contributed by atoms with Crippen LogP contribution in [0.3, 0.4) is 0 Å². The number of aldehydes is 1. The van der Waals surface area contributed by atoms with Crippen molar-refractivity contribution in [3.05, 3.63) is 64.5 Å². The molecule has 21 heavy (non-hydrogen) atoms. The van der Waals surface area contributed by atoms with Crippen molar-refractivity contribution in [3.8, 4) is 5.75 Å². The number of hydrogen-bond acceptors (Lipinski definition) is 3. The van der Waals surface area contributed by atoms with E-state index in [0.717, 1.165) is 17.2 Å². The van der Waals surface area contributed by atoms with Gasteiger partial charge in [-0.05, 0) is 49.2 Å². The SMILES string of the molecule is Cc1ccc(C(=O)COc2ccc(C=O)cc2F)cc1C. The van der Waals surface area contributed by atoms with Crippen molar-refractivity contribution >= 4 is 12.1 Å². The molecule has 0 spiro atoms. The second-order valence-electron chi connectivity index (χ2n) is 4.82. The summed E-state index contributed by atoms with van der Waals surface area (Å²) in [6.07, 6.45) is 0.549. The second-order valence-corrected chi connectivity index (χ2v) is 4.82. The predicted octanol–water partition coefficient (Wildman–Crippen LogP) is 3.52. The molecular formula is C17H15FO3. The van der Waals surface area contributed by atoms with E-state index >= 15 is 0 Å². The molecule has 2 aromatic carbocycles. The summed E-state index contributed by atoms with van der Waals surface area (Å²) in [4.78, 5) is 22.5. The normalized spacial score (nSPS) is 10.2. The van der Waals surface area contributed by atoms with Gasteiger partial charge in [0.15, 0.2) is 24.0 Å². The van der Waals surface area contributed by atoms with Crippen molar-refractivity contribution in [3.63, 3.8) is 0 Å². The molecule has 0 radical (unpaired) electrons. The van der Waals surface area contributed by atoms with Crippen molar-refractivity contribution in [1.82, 2.24) is 0 Å². The summed E-state index contributed by atoms with van der Waals surface area (Å²) >= 11 is 0. The van der Waals surface area contributed by atoms with E-state index in [4.69, 9.17) is 4.74 Å². The van der Waals surface area contributed by atoms with Crippen LogP contribution in [0.4, 0.5) is 4.39 Å².